The van der Waals surface area contributed by atoms with Gasteiger partial charge in [0, 0.05) is 12.3 Å². The Morgan fingerprint density at radius 3 is 2.61 bits per heavy atom. The predicted molar refractivity (Wildman–Crippen MR) is 112 cm³/mol. The summed E-state index contributed by atoms with van der Waals surface area (Å²) in [5, 5.41) is 10.2. The van der Waals surface area contributed by atoms with Crippen molar-refractivity contribution in [2.45, 2.75) is 31.5 Å². The van der Waals surface area contributed by atoms with E-state index >= 15 is 0 Å². The zero-order valence-corrected chi connectivity index (χ0v) is 16.8. The first-order valence-electron chi connectivity index (χ1n) is 9.35. The molecular weight excluding hydrogens is 372 g/mol. The normalized spacial score (nSPS) is 11.4. The number of methoxy groups -OCH3 is 1. The molecule has 0 amide bonds. The Morgan fingerprint density at radius 1 is 1.07 bits per heavy atom. The summed E-state index contributed by atoms with van der Waals surface area (Å²) < 4.78 is 8.94. The van der Waals surface area contributed by atoms with E-state index in [1.54, 1.807) is 23.4 Å². The Kier molecular flexibility index (Phi) is 5.34. The van der Waals surface area contributed by atoms with Crippen LogP contribution in [-0.2, 0) is 13.0 Å². The van der Waals surface area contributed by atoms with Crippen LogP contribution in [0.25, 0.3) is 16.7 Å². The van der Waals surface area contributed by atoms with E-state index < -0.39 is 0 Å². The number of nitrogens with zero attached hydrogens (tertiary/aromatic N) is 4. The van der Waals surface area contributed by atoms with E-state index in [1.807, 2.05) is 40.8 Å². The molecule has 0 atom stereocenters. The molecule has 0 bridgehead atoms. The second kappa shape index (κ2) is 8.06. The number of benzene rings is 2. The molecule has 6 nitrogen and oxygen atoms in total. The second-order valence-corrected chi connectivity index (χ2v) is 7.60. The lowest BCUT2D eigenvalue weighted by atomic mass is 10.2. The maximum absolute atomic E-state index is 12.9. The molecule has 7 heteroatoms. The highest BCUT2D eigenvalue weighted by Gasteiger charge is 2.16. The predicted octanol–water partition coefficient (Wildman–Crippen LogP) is 3.80. The van der Waals surface area contributed by atoms with Crippen LogP contribution in [0.4, 0.5) is 0 Å². The number of hydrogen-bond donors (Lipinski definition) is 0. The van der Waals surface area contributed by atoms with Gasteiger partial charge in [0.15, 0.2) is 5.16 Å². The van der Waals surface area contributed by atoms with Gasteiger partial charge >= 0.3 is 0 Å². The van der Waals surface area contributed by atoms with E-state index in [9.17, 15) is 4.79 Å². The molecule has 0 aliphatic carbocycles. The lowest BCUT2D eigenvalue weighted by molar-refractivity contribution is 0.414. The van der Waals surface area contributed by atoms with Crippen molar-refractivity contribution in [2.75, 3.05) is 12.9 Å². The third kappa shape index (κ3) is 3.38. The van der Waals surface area contributed by atoms with Crippen LogP contribution < -0.4 is 10.3 Å². The van der Waals surface area contributed by atoms with Crippen molar-refractivity contribution in [1.29, 1.82) is 0 Å². The number of aryl methyl sites for hydroxylation is 2. The molecule has 2 aromatic heterocycles. The van der Waals surface area contributed by atoms with Gasteiger partial charge in [0.2, 0.25) is 5.78 Å². The molecule has 144 valence electrons. The molecule has 0 spiro atoms. The Balaban J connectivity index is 1.66. The maximum Gasteiger partial charge on any atom is 0.262 e. The van der Waals surface area contributed by atoms with Gasteiger partial charge in [-0.3, -0.25) is 13.8 Å². The average molecular weight is 395 g/mol. The molecule has 0 saturated heterocycles. The number of thioether (sulfide) groups is 1. The SMILES string of the molecule is CCCn1c(=O)c2ccccc2n2c(SCCc3ccc(OC)cc3)nnc12. The minimum Gasteiger partial charge on any atom is -0.497 e. The molecule has 0 fully saturated rings. The molecule has 0 saturated carbocycles. The fraction of sp³-hybridized carbons (Fsp3) is 0.286. The van der Waals surface area contributed by atoms with Crippen LogP contribution in [0, 0.1) is 0 Å². The summed E-state index contributed by atoms with van der Waals surface area (Å²) in [6.45, 7) is 2.68. The first-order valence-corrected chi connectivity index (χ1v) is 10.3. The van der Waals surface area contributed by atoms with Gasteiger partial charge < -0.3 is 4.74 Å². The Morgan fingerprint density at radius 2 is 1.86 bits per heavy atom. The number of rotatable bonds is 7. The summed E-state index contributed by atoms with van der Waals surface area (Å²) in [4.78, 5) is 12.9. The van der Waals surface area contributed by atoms with Crippen molar-refractivity contribution < 1.29 is 4.74 Å². The molecule has 28 heavy (non-hydrogen) atoms. The summed E-state index contributed by atoms with van der Waals surface area (Å²) in [5.41, 5.74) is 2.09. The first-order chi connectivity index (χ1) is 13.7. The standard InChI is InChI=1S/C21H22N4O2S/c1-3-13-24-19(26)17-6-4-5-7-18(17)25-20(24)22-23-21(25)28-14-12-15-8-10-16(27-2)11-9-15/h4-11H,3,12-14H2,1-2H3. The third-order valence-electron chi connectivity index (χ3n) is 4.71. The maximum atomic E-state index is 12.9. The number of para-hydroxylation sites is 1. The van der Waals surface area contributed by atoms with E-state index in [0.29, 0.717) is 17.7 Å². The number of fused-ring (bicyclic) bond motifs is 3. The average Bonchev–Trinajstić information content (AvgIpc) is 3.15. The highest BCUT2D eigenvalue weighted by atomic mass is 32.2. The van der Waals surface area contributed by atoms with E-state index in [-0.39, 0.29) is 5.56 Å². The Bertz CT molecular complexity index is 1160. The fourth-order valence-corrected chi connectivity index (χ4v) is 4.23. The largest absolute Gasteiger partial charge is 0.497 e. The molecule has 0 radical (unpaired) electrons. The van der Waals surface area contributed by atoms with Crippen molar-refractivity contribution in [2.24, 2.45) is 0 Å². The Labute approximate surface area is 167 Å². The van der Waals surface area contributed by atoms with E-state index in [2.05, 4.69) is 29.3 Å². The van der Waals surface area contributed by atoms with Crippen LogP contribution in [-0.4, -0.2) is 32.0 Å². The molecule has 4 aromatic rings. The van der Waals surface area contributed by atoms with Gasteiger partial charge in [-0.1, -0.05) is 43.0 Å². The van der Waals surface area contributed by atoms with Crippen LogP contribution >= 0.6 is 11.8 Å². The molecule has 0 aliphatic rings. The van der Waals surface area contributed by atoms with E-state index in [4.69, 9.17) is 4.74 Å². The van der Waals surface area contributed by atoms with Gasteiger partial charge in [-0.25, -0.2) is 0 Å². The molecule has 0 unspecified atom stereocenters. The highest BCUT2D eigenvalue weighted by Crippen LogP contribution is 2.23. The van der Waals surface area contributed by atoms with Gasteiger partial charge in [0.1, 0.15) is 5.75 Å². The minimum atomic E-state index is -0.00728. The molecule has 4 rings (SSSR count). The molecule has 0 aliphatic heterocycles. The lowest BCUT2D eigenvalue weighted by Crippen LogP contribution is -2.23. The van der Waals surface area contributed by atoms with Gasteiger partial charge in [-0.05, 0) is 42.7 Å². The molecule has 2 heterocycles. The van der Waals surface area contributed by atoms with Gasteiger partial charge in [0.25, 0.3) is 5.56 Å². The molecular formula is C21H22N4O2S. The van der Waals surface area contributed by atoms with E-state index in [0.717, 1.165) is 35.0 Å². The smallest absolute Gasteiger partial charge is 0.262 e. The monoisotopic (exact) mass is 394 g/mol. The fourth-order valence-electron chi connectivity index (χ4n) is 3.30. The second-order valence-electron chi connectivity index (χ2n) is 6.54. The van der Waals surface area contributed by atoms with Crippen molar-refractivity contribution >= 4 is 28.4 Å². The summed E-state index contributed by atoms with van der Waals surface area (Å²) >= 11 is 1.65. The Hall–Kier alpha value is -2.80. The zero-order valence-electron chi connectivity index (χ0n) is 16.0. The summed E-state index contributed by atoms with van der Waals surface area (Å²) in [6.07, 6.45) is 1.77. The minimum absolute atomic E-state index is 0.00728. The van der Waals surface area contributed by atoms with Crippen molar-refractivity contribution in [3.05, 3.63) is 64.4 Å². The lowest BCUT2D eigenvalue weighted by Gasteiger charge is -2.10. The van der Waals surface area contributed by atoms with Crippen molar-refractivity contribution in [1.82, 2.24) is 19.2 Å². The van der Waals surface area contributed by atoms with Crippen LogP contribution in [0.1, 0.15) is 18.9 Å². The quantitative estimate of drug-likeness (QED) is 0.446. The zero-order chi connectivity index (χ0) is 19.5. The van der Waals surface area contributed by atoms with Gasteiger partial charge in [-0.15, -0.1) is 10.2 Å². The summed E-state index contributed by atoms with van der Waals surface area (Å²) in [7, 11) is 1.67. The van der Waals surface area contributed by atoms with Crippen LogP contribution in [0.15, 0.2) is 58.5 Å². The topological polar surface area (TPSA) is 61.4 Å². The summed E-state index contributed by atoms with van der Waals surface area (Å²) in [6, 6.07) is 15.8. The van der Waals surface area contributed by atoms with Gasteiger partial charge in [0.05, 0.1) is 18.0 Å². The van der Waals surface area contributed by atoms with Crippen LogP contribution in [0.2, 0.25) is 0 Å². The summed E-state index contributed by atoms with van der Waals surface area (Å²) in [5.74, 6) is 2.34. The van der Waals surface area contributed by atoms with Crippen LogP contribution in [0.5, 0.6) is 5.75 Å². The van der Waals surface area contributed by atoms with E-state index in [1.165, 1.54) is 5.56 Å². The first kappa shape index (κ1) is 18.6. The third-order valence-corrected chi connectivity index (χ3v) is 5.64. The number of ether oxygens (including phenoxy) is 1. The number of aromatic nitrogens is 4. The number of hydrogen-bond acceptors (Lipinski definition) is 5. The van der Waals surface area contributed by atoms with Crippen LogP contribution in [0.3, 0.4) is 0 Å². The molecule has 0 N–H and O–H groups in total. The van der Waals surface area contributed by atoms with Gasteiger partial charge in [-0.2, -0.15) is 0 Å². The van der Waals surface area contributed by atoms with Crippen molar-refractivity contribution in [3.8, 4) is 5.75 Å². The van der Waals surface area contributed by atoms with Crippen molar-refractivity contribution in [3.63, 3.8) is 0 Å². The highest BCUT2D eigenvalue weighted by molar-refractivity contribution is 7.99. The molecule has 2 aromatic carbocycles.